The first kappa shape index (κ1) is 23.2. The fourth-order valence-corrected chi connectivity index (χ4v) is 4.03. The molecule has 0 radical (unpaired) electrons. The Morgan fingerprint density at radius 1 is 1.39 bits per heavy atom. The molecule has 1 aromatic carbocycles. The van der Waals surface area contributed by atoms with Gasteiger partial charge in [-0.2, -0.15) is 8.42 Å². The van der Waals surface area contributed by atoms with Crippen molar-refractivity contribution in [2.24, 2.45) is 0 Å². The molecule has 2 heterocycles. The normalized spacial score (nSPS) is 26.3. The molecule has 3 rings (SSSR count). The van der Waals surface area contributed by atoms with Gasteiger partial charge in [-0.05, 0) is 19.4 Å². The van der Waals surface area contributed by atoms with E-state index in [4.69, 9.17) is 14.3 Å². The molecule has 28 heavy (non-hydrogen) atoms. The number of hydrogen-bond donors (Lipinski definition) is 1. The number of hydrogen-bond acceptors (Lipinski definition) is 7. The minimum Gasteiger partial charge on any atom is -1.00 e. The number of carbonyl (C=O) groups excluding carboxylic acids is 2. The predicted octanol–water partition coefficient (Wildman–Crippen LogP) is -2.77. The first-order valence-corrected chi connectivity index (χ1v) is 9.57. The first-order valence-electron chi connectivity index (χ1n) is 8.17. The predicted molar refractivity (Wildman–Crippen MR) is 91.1 cm³/mol. The Labute approximate surface area is 186 Å². The summed E-state index contributed by atoms with van der Waals surface area (Å²) in [5.41, 5.74) is 0.751. The molecule has 2 aliphatic rings. The van der Waals surface area contributed by atoms with Gasteiger partial charge in [-0.15, -0.1) is 0 Å². The second-order valence-electron chi connectivity index (χ2n) is 6.64. The maximum atomic E-state index is 12.4. The van der Waals surface area contributed by atoms with Crippen LogP contribution in [0.5, 0.6) is 0 Å². The minimum atomic E-state index is -4.83. The summed E-state index contributed by atoms with van der Waals surface area (Å²) in [6.45, 7) is 3.24. The number of carbonyl (C=O) groups is 2. The van der Waals surface area contributed by atoms with Gasteiger partial charge < -0.3 is 10.9 Å². The van der Waals surface area contributed by atoms with E-state index in [1.165, 1.54) is 0 Å². The molecule has 0 bridgehead atoms. The largest absolute Gasteiger partial charge is 1.00 e. The number of ether oxygens (including phenoxy) is 2. The molecule has 2 saturated heterocycles. The van der Waals surface area contributed by atoms with E-state index in [-0.39, 0.29) is 48.5 Å². The molecule has 0 aliphatic carbocycles. The van der Waals surface area contributed by atoms with Crippen molar-refractivity contribution in [3.8, 4) is 0 Å². The number of nitrogens with zero attached hydrogens (tertiary/aromatic N) is 2. The van der Waals surface area contributed by atoms with Crippen molar-refractivity contribution < 1.29 is 67.9 Å². The number of amides is 2. The fourth-order valence-electron chi connectivity index (χ4n) is 3.13. The SMILES string of the molecule is CC1(C)OC[C@@H]([C@@H]2[C@H](N(C=O)OCc3ccccc3)C(=O)N2S(=O)(=O)O)O1.[H-].[Na+]. The van der Waals surface area contributed by atoms with E-state index in [1.54, 1.807) is 38.1 Å². The number of β-lactam (4-membered cyclic amide) rings is 1. The van der Waals surface area contributed by atoms with E-state index >= 15 is 0 Å². The minimum absolute atomic E-state index is 0. The van der Waals surface area contributed by atoms with Crippen LogP contribution in [0.3, 0.4) is 0 Å². The molecule has 2 fully saturated rings. The number of rotatable bonds is 7. The van der Waals surface area contributed by atoms with Crippen molar-refractivity contribution >= 4 is 22.6 Å². The molecule has 2 amide bonds. The molecule has 10 nitrogen and oxygen atoms in total. The molecule has 12 heteroatoms. The Morgan fingerprint density at radius 3 is 2.54 bits per heavy atom. The average Bonchev–Trinajstić information content (AvgIpc) is 2.94. The summed E-state index contributed by atoms with van der Waals surface area (Å²) in [6.07, 6.45) is -0.576. The Morgan fingerprint density at radius 2 is 2.04 bits per heavy atom. The van der Waals surface area contributed by atoms with Gasteiger partial charge in [0, 0.05) is 0 Å². The standard InChI is InChI=1S/C16H20N2O8S.Na.H/c1-16(2)24-9-12(26-16)13-14(15(20)18(13)27(21,22)23)17(10-19)25-8-11-6-4-3-5-7-11;;/h3-7,10,12-14H,8-9H2,1-2H3,(H,21,22,23);;/q;+1;-1/t12-,13+,14-;;/m0../s1. The zero-order valence-electron chi connectivity index (χ0n) is 16.7. The molecule has 150 valence electrons. The third-order valence-electron chi connectivity index (χ3n) is 4.33. The molecule has 0 spiro atoms. The number of hydroxylamine groups is 2. The van der Waals surface area contributed by atoms with Crippen LogP contribution in [0.25, 0.3) is 0 Å². The molecule has 0 unspecified atom stereocenters. The van der Waals surface area contributed by atoms with Crippen molar-refractivity contribution in [1.29, 1.82) is 0 Å². The topological polar surface area (TPSA) is 123 Å². The monoisotopic (exact) mass is 424 g/mol. The fraction of sp³-hybridized carbons (Fsp3) is 0.500. The van der Waals surface area contributed by atoms with Crippen molar-refractivity contribution in [2.75, 3.05) is 6.61 Å². The molecule has 1 aromatic rings. The summed E-state index contributed by atoms with van der Waals surface area (Å²) in [5.74, 6) is -1.98. The Balaban J connectivity index is 0.00000210. The van der Waals surface area contributed by atoms with Gasteiger partial charge in [0.25, 0.3) is 5.91 Å². The molecule has 3 atom stereocenters. The molecule has 0 saturated carbocycles. The van der Waals surface area contributed by atoms with E-state index in [0.717, 1.165) is 10.6 Å². The van der Waals surface area contributed by atoms with E-state index in [0.29, 0.717) is 6.41 Å². The second kappa shape index (κ2) is 8.76. The number of benzene rings is 1. The van der Waals surface area contributed by atoms with E-state index in [2.05, 4.69) is 0 Å². The summed E-state index contributed by atoms with van der Waals surface area (Å²) >= 11 is 0. The van der Waals surface area contributed by atoms with Crippen LogP contribution < -0.4 is 29.6 Å². The molecular formula is C16H21N2NaO8S. The van der Waals surface area contributed by atoms with Gasteiger partial charge in [0.2, 0.25) is 6.41 Å². The third-order valence-corrected chi connectivity index (χ3v) is 5.25. The quantitative estimate of drug-likeness (QED) is 0.164. The molecule has 1 N–H and O–H groups in total. The van der Waals surface area contributed by atoms with Gasteiger partial charge in [0.1, 0.15) is 18.8 Å². The summed E-state index contributed by atoms with van der Waals surface area (Å²) < 4.78 is 43.9. The van der Waals surface area contributed by atoms with Gasteiger partial charge in [0.15, 0.2) is 11.8 Å². The van der Waals surface area contributed by atoms with Crippen LogP contribution in [0.15, 0.2) is 30.3 Å². The van der Waals surface area contributed by atoms with Gasteiger partial charge in [-0.25, -0.2) is 9.37 Å². The maximum absolute atomic E-state index is 12.4. The molecular weight excluding hydrogens is 403 g/mol. The van der Waals surface area contributed by atoms with Crippen LogP contribution in [0.1, 0.15) is 20.8 Å². The Hall–Kier alpha value is -1.05. The van der Waals surface area contributed by atoms with E-state index in [1.807, 2.05) is 6.07 Å². The molecule has 2 aliphatic heterocycles. The van der Waals surface area contributed by atoms with Crippen molar-refractivity contribution in [3.05, 3.63) is 35.9 Å². The smallest absolute Gasteiger partial charge is 1.00 e. The maximum Gasteiger partial charge on any atom is 1.00 e. The summed E-state index contributed by atoms with van der Waals surface area (Å²) in [4.78, 5) is 29.3. The van der Waals surface area contributed by atoms with Gasteiger partial charge >= 0.3 is 39.9 Å². The van der Waals surface area contributed by atoms with Gasteiger partial charge in [0.05, 0.1) is 6.61 Å². The zero-order valence-corrected chi connectivity index (χ0v) is 18.5. The van der Waals surface area contributed by atoms with Crippen LogP contribution in [0.2, 0.25) is 0 Å². The molecule has 0 aromatic heterocycles. The van der Waals surface area contributed by atoms with Crippen LogP contribution in [-0.4, -0.2) is 65.2 Å². The van der Waals surface area contributed by atoms with Crippen molar-refractivity contribution in [1.82, 2.24) is 9.37 Å². The van der Waals surface area contributed by atoms with E-state index in [9.17, 15) is 22.6 Å². The van der Waals surface area contributed by atoms with Crippen LogP contribution in [-0.2, 0) is 40.8 Å². The second-order valence-corrected chi connectivity index (χ2v) is 7.93. The van der Waals surface area contributed by atoms with Crippen LogP contribution >= 0.6 is 0 Å². The third kappa shape index (κ3) is 4.74. The van der Waals surface area contributed by atoms with E-state index < -0.39 is 40.2 Å². The van der Waals surface area contributed by atoms with Crippen molar-refractivity contribution in [2.45, 2.75) is 44.4 Å². The van der Waals surface area contributed by atoms with Gasteiger partial charge in [-0.3, -0.25) is 19.0 Å². The first-order chi connectivity index (χ1) is 12.6. The average molecular weight is 424 g/mol. The summed E-state index contributed by atoms with van der Waals surface area (Å²) in [5, 5.41) is 0.746. The van der Waals surface area contributed by atoms with Crippen LogP contribution in [0.4, 0.5) is 0 Å². The Bertz CT molecular complexity index is 825. The van der Waals surface area contributed by atoms with Crippen molar-refractivity contribution in [3.63, 3.8) is 0 Å². The van der Waals surface area contributed by atoms with Crippen LogP contribution in [0, 0.1) is 0 Å². The van der Waals surface area contributed by atoms with Gasteiger partial charge in [-0.1, -0.05) is 30.3 Å². The Kier molecular flexibility index (Phi) is 7.27. The summed E-state index contributed by atoms with van der Waals surface area (Å²) in [7, 11) is -4.83. The zero-order chi connectivity index (χ0) is 19.8. The summed E-state index contributed by atoms with van der Waals surface area (Å²) in [6, 6.07) is 6.48.